The van der Waals surface area contributed by atoms with E-state index < -0.39 is 0 Å². The van der Waals surface area contributed by atoms with Crippen molar-refractivity contribution in [1.82, 2.24) is 5.32 Å². The molecule has 0 saturated heterocycles. The molecule has 1 aliphatic carbocycles. The van der Waals surface area contributed by atoms with Crippen LogP contribution in [0.25, 0.3) is 11.1 Å². The summed E-state index contributed by atoms with van der Waals surface area (Å²) in [5.74, 6) is 0.749. The van der Waals surface area contributed by atoms with Crippen molar-refractivity contribution >= 4 is 17.4 Å². The zero-order valence-electron chi connectivity index (χ0n) is 22.6. The second-order valence-corrected chi connectivity index (χ2v) is 10.2. The summed E-state index contributed by atoms with van der Waals surface area (Å²) >= 11 is 0. The molecule has 0 radical (unpaired) electrons. The summed E-state index contributed by atoms with van der Waals surface area (Å²) in [5.41, 5.74) is 6.29. The van der Waals surface area contributed by atoms with Crippen LogP contribution in [-0.4, -0.2) is 19.2 Å². The van der Waals surface area contributed by atoms with Crippen molar-refractivity contribution < 1.29 is 9.53 Å². The van der Waals surface area contributed by atoms with Crippen molar-refractivity contribution in [2.24, 2.45) is 0 Å². The first-order valence-corrected chi connectivity index (χ1v) is 13.9. The first-order chi connectivity index (χ1) is 19.2. The van der Waals surface area contributed by atoms with Crippen molar-refractivity contribution in [2.75, 3.05) is 17.3 Å². The lowest BCUT2D eigenvalue weighted by Gasteiger charge is -2.24. The minimum Gasteiger partial charge on any atom is -0.497 e. The smallest absolute Gasteiger partial charge is 0.326 e. The Hall–Kier alpha value is -4.09. The Bertz CT molecular complexity index is 1310. The second-order valence-electron chi connectivity index (χ2n) is 10.2. The average Bonchev–Trinajstić information content (AvgIpc) is 3.01. The quantitative estimate of drug-likeness (QED) is 0.235. The van der Waals surface area contributed by atoms with Crippen LogP contribution in [0.2, 0.25) is 0 Å². The normalized spacial score (nSPS) is 13.6. The Labute approximate surface area is 231 Å². The molecule has 0 spiro atoms. The fourth-order valence-electron chi connectivity index (χ4n) is 5.12. The van der Waals surface area contributed by atoms with Crippen molar-refractivity contribution in [3.05, 3.63) is 114 Å². The summed E-state index contributed by atoms with van der Waals surface area (Å²) in [6.07, 6.45) is 6.68. The fraction of sp³-hybridized carbons (Fsp3) is 0.265. The predicted molar refractivity (Wildman–Crippen MR) is 160 cm³/mol. The van der Waals surface area contributed by atoms with Crippen LogP contribution in [0.1, 0.15) is 43.2 Å². The van der Waals surface area contributed by atoms with Gasteiger partial charge in [0.2, 0.25) is 0 Å². The molecule has 2 N–H and O–H groups in total. The summed E-state index contributed by atoms with van der Waals surface area (Å²) in [6, 6.07) is 34.9. The van der Waals surface area contributed by atoms with Crippen LogP contribution in [0, 0.1) is 0 Å². The van der Waals surface area contributed by atoms with E-state index in [2.05, 4.69) is 59.2 Å². The number of carbonyl (C=O) groups excluding carboxylic acids is 1. The third kappa shape index (κ3) is 7.27. The molecule has 1 fully saturated rings. The maximum atomic E-state index is 13.3. The van der Waals surface area contributed by atoms with Gasteiger partial charge in [0, 0.05) is 24.0 Å². The van der Waals surface area contributed by atoms with Crippen LogP contribution in [0.5, 0.6) is 5.75 Å². The molecule has 0 heterocycles. The van der Waals surface area contributed by atoms with Gasteiger partial charge in [0.05, 0.1) is 13.7 Å². The first-order valence-electron chi connectivity index (χ1n) is 13.9. The molecular weight excluding hydrogens is 482 g/mol. The summed E-state index contributed by atoms with van der Waals surface area (Å²) in [5, 5.41) is 6.73. The van der Waals surface area contributed by atoms with Crippen LogP contribution in [-0.2, 0) is 13.1 Å². The molecular formula is C34H37N3O2. The van der Waals surface area contributed by atoms with Crippen molar-refractivity contribution in [1.29, 1.82) is 0 Å². The number of carbonyl (C=O) groups is 1. The van der Waals surface area contributed by atoms with Crippen LogP contribution in [0.15, 0.2) is 103 Å². The molecule has 2 amide bonds. The highest BCUT2D eigenvalue weighted by molar-refractivity contribution is 6.01. The van der Waals surface area contributed by atoms with E-state index >= 15 is 0 Å². The minimum absolute atomic E-state index is 0.187. The van der Waals surface area contributed by atoms with Crippen LogP contribution in [0.3, 0.4) is 0 Å². The molecule has 5 rings (SSSR count). The number of urea groups is 1. The van der Waals surface area contributed by atoms with Gasteiger partial charge in [0.25, 0.3) is 0 Å². The zero-order valence-corrected chi connectivity index (χ0v) is 22.6. The molecule has 4 aromatic carbocycles. The van der Waals surface area contributed by atoms with E-state index in [-0.39, 0.29) is 6.03 Å². The average molecular weight is 520 g/mol. The van der Waals surface area contributed by atoms with E-state index in [0.717, 1.165) is 29.2 Å². The summed E-state index contributed by atoms with van der Waals surface area (Å²) in [7, 11) is 1.63. The van der Waals surface area contributed by atoms with E-state index in [9.17, 15) is 4.79 Å². The molecule has 39 heavy (non-hydrogen) atoms. The lowest BCUT2D eigenvalue weighted by molar-refractivity contribution is 0.256. The van der Waals surface area contributed by atoms with Crippen LogP contribution in [0.4, 0.5) is 16.2 Å². The molecule has 0 unspecified atom stereocenters. The lowest BCUT2D eigenvalue weighted by Crippen LogP contribution is -2.34. The minimum atomic E-state index is -0.187. The number of hydrogen-bond donors (Lipinski definition) is 2. The Kier molecular flexibility index (Phi) is 8.92. The van der Waals surface area contributed by atoms with E-state index in [1.165, 1.54) is 48.8 Å². The molecule has 0 aliphatic heterocycles. The van der Waals surface area contributed by atoms with Crippen LogP contribution < -0.4 is 20.3 Å². The molecule has 1 aliphatic rings. The number of methoxy groups -OCH3 is 1. The number of benzene rings is 4. The number of hydrogen-bond acceptors (Lipinski definition) is 3. The standard InChI is InChI=1S/C34H37N3O2/c1-39-33-22-20-31(21-23-33)36-34(38)37(32-10-6-3-7-11-32)25-27-14-18-29(19-15-27)28-16-12-26(13-17-28)24-35-30-8-4-2-5-9-30/h3,6-7,10-23,30,35H,2,4-5,8-9,24-25H2,1H3,(H,36,38). The zero-order chi connectivity index (χ0) is 26.9. The Morgan fingerprint density at radius 2 is 1.38 bits per heavy atom. The Balaban J connectivity index is 1.24. The predicted octanol–water partition coefficient (Wildman–Crippen LogP) is 8.02. The SMILES string of the molecule is COc1ccc(NC(=O)N(Cc2ccc(-c3ccc(CNC4CCCCC4)cc3)cc2)c2ccccc2)cc1. The molecule has 0 bridgehead atoms. The highest BCUT2D eigenvalue weighted by Gasteiger charge is 2.17. The van der Waals surface area contributed by atoms with E-state index in [0.29, 0.717) is 12.6 Å². The molecule has 5 nitrogen and oxygen atoms in total. The topological polar surface area (TPSA) is 53.6 Å². The first kappa shape index (κ1) is 26.5. The molecule has 200 valence electrons. The third-order valence-electron chi connectivity index (χ3n) is 7.44. The van der Waals surface area contributed by atoms with Gasteiger partial charge in [-0.05, 0) is 71.5 Å². The summed E-state index contributed by atoms with van der Waals surface area (Å²) in [4.78, 5) is 15.1. The fourth-order valence-corrected chi connectivity index (χ4v) is 5.12. The maximum Gasteiger partial charge on any atom is 0.326 e. The monoisotopic (exact) mass is 519 g/mol. The van der Waals surface area contributed by atoms with Gasteiger partial charge < -0.3 is 15.4 Å². The van der Waals surface area contributed by atoms with Crippen molar-refractivity contribution in [2.45, 2.75) is 51.2 Å². The third-order valence-corrected chi connectivity index (χ3v) is 7.44. The molecule has 0 atom stereocenters. The van der Waals surface area contributed by atoms with Gasteiger partial charge >= 0.3 is 6.03 Å². The number of amides is 2. The van der Waals surface area contributed by atoms with Gasteiger partial charge in [-0.1, -0.05) is 86.0 Å². The number of para-hydroxylation sites is 1. The molecule has 4 aromatic rings. The molecule has 1 saturated carbocycles. The summed E-state index contributed by atoms with van der Waals surface area (Å²) in [6.45, 7) is 1.38. The van der Waals surface area contributed by atoms with Gasteiger partial charge in [0.15, 0.2) is 0 Å². The van der Waals surface area contributed by atoms with Crippen molar-refractivity contribution in [3.8, 4) is 16.9 Å². The van der Waals surface area contributed by atoms with Gasteiger partial charge in [-0.3, -0.25) is 4.90 Å². The van der Waals surface area contributed by atoms with Gasteiger partial charge in [-0.25, -0.2) is 4.79 Å². The number of nitrogens with zero attached hydrogens (tertiary/aromatic N) is 1. The van der Waals surface area contributed by atoms with Crippen molar-refractivity contribution in [3.63, 3.8) is 0 Å². The number of anilines is 2. The second kappa shape index (κ2) is 13.1. The van der Waals surface area contributed by atoms with Gasteiger partial charge in [-0.15, -0.1) is 0 Å². The van der Waals surface area contributed by atoms with Crippen LogP contribution >= 0.6 is 0 Å². The number of ether oxygens (including phenoxy) is 1. The molecule has 0 aromatic heterocycles. The molecule has 5 heteroatoms. The van der Waals surface area contributed by atoms with E-state index in [1.54, 1.807) is 12.0 Å². The highest BCUT2D eigenvalue weighted by atomic mass is 16.5. The highest BCUT2D eigenvalue weighted by Crippen LogP contribution is 2.24. The summed E-state index contributed by atoms with van der Waals surface area (Å²) < 4.78 is 5.23. The number of nitrogens with one attached hydrogen (secondary N) is 2. The van der Waals surface area contributed by atoms with E-state index in [1.807, 2.05) is 54.6 Å². The number of rotatable bonds is 9. The Morgan fingerprint density at radius 1 is 0.769 bits per heavy atom. The lowest BCUT2D eigenvalue weighted by atomic mass is 9.95. The van der Waals surface area contributed by atoms with Gasteiger partial charge in [-0.2, -0.15) is 0 Å². The maximum absolute atomic E-state index is 13.3. The largest absolute Gasteiger partial charge is 0.497 e. The van der Waals surface area contributed by atoms with E-state index in [4.69, 9.17) is 4.74 Å². The Morgan fingerprint density at radius 3 is 2.00 bits per heavy atom. The van der Waals surface area contributed by atoms with Gasteiger partial charge in [0.1, 0.15) is 5.75 Å².